The molecule has 130 valence electrons. The summed E-state index contributed by atoms with van der Waals surface area (Å²) in [7, 11) is 1.70. The normalized spacial score (nSPS) is 22.3. The smallest absolute Gasteiger partial charge is 0.237 e. The highest BCUT2D eigenvalue weighted by Crippen LogP contribution is 2.32. The van der Waals surface area contributed by atoms with Gasteiger partial charge in [0.25, 0.3) is 0 Å². The molecule has 7 nitrogen and oxygen atoms in total. The van der Waals surface area contributed by atoms with Crippen LogP contribution in [0.5, 0.6) is 0 Å². The number of carbonyl (C=O) groups is 1. The molecule has 0 bridgehead atoms. The van der Waals surface area contributed by atoms with Crippen LogP contribution in [0, 0.1) is 6.92 Å². The minimum absolute atomic E-state index is 0.0636. The van der Waals surface area contributed by atoms with Gasteiger partial charge in [0.15, 0.2) is 0 Å². The third-order valence-corrected chi connectivity index (χ3v) is 4.26. The third-order valence-electron chi connectivity index (χ3n) is 4.26. The summed E-state index contributed by atoms with van der Waals surface area (Å²) < 4.78 is 11.1. The van der Waals surface area contributed by atoms with Gasteiger partial charge in [0, 0.05) is 32.7 Å². The first kappa shape index (κ1) is 17.9. The third kappa shape index (κ3) is 4.09. The van der Waals surface area contributed by atoms with Crippen molar-refractivity contribution < 1.29 is 13.9 Å². The average Bonchev–Trinajstić information content (AvgIpc) is 3.03. The monoisotopic (exact) mass is 324 g/mol. The summed E-state index contributed by atoms with van der Waals surface area (Å²) in [4.78, 5) is 16.7. The standard InChI is InChI=1S/C16H28N4O3/c1-10(2)20(11(3)4)15(21)9-19-8-13(22-6)7-14(19)16-18-17-12(5)23-16/h10-11,13-14H,7-9H2,1-6H3/t13-,14-/m1/s1. The Balaban J connectivity index is 2.13. The minimum atomic E-state index is -0.0636. The Morgan fingerprint density at radius 2 is 2.00 bits per heavy atom. The number of amides is 1. The predicted octanol–water partition coefficient (Wildman–Crippen LogP) is 1.79. The lowest BCUT2D eigenvalue weighted by molar-refractivity contribution is -0.136. The summed E-state index contributed by atoms with van der Waals surface area (Å²) in [6.45, 7) is 11.0. The Kier molecular flexibility index (Phi) is 5.75. The van der Waals surface area contributed by atoms with Crippen LogP contribution in [0.2, 0.25) is 0 Å². The van der Waals surface area contributed by atoms with E-state index in [1.165, 1.54) is 0 Å². The number of ether oxygens (including phenoxy) is 1. The van der Waals surface area contributed by atoms with Crippen LogP contribution in [0.4, 0.5) is 0 Å². The Morgan fingerprint density at radius 3 is 2.48 bits per heavy atom. The zero-order chi connectivity index (χ0) is 17.1. The van der Waals surface area contributed by atoms with Crippen molar-refractivity contribution in [3.05, 3.63) is 11.8 Å². The van der Waals surface area contributed by atoms with E-state index < -0.39 is 0 Å². The van der Waals surface area contributed by atoms with Crippen molar-refractivity contribution in [1.29, 1.82) is 0 Å². The molecule has 0 unspecified atom stereocenters. The average molecular weight is 324 g/mol. The first-order chi connectivity index (χ1) is 10.8. The SMILES string of the molecule is CO[C@@H]1C[C@H](c2nnc(C)o2)N(CC(=O)N(C(C)C)C(C)C)C1. The van der Waals surface area contributed by atoms with Crippen LogP contribution >= 0.6 is 0 Å². The van der Waals surface area contributed by atoms with Crippen molar-refractivity contribution in [3.63, 3.8) is 0 Å². The zero-order valence-corrected chi connectivity index (χ0v) is 14.9. The molecule has 1 aliphatic rings. The molecule has 1 aliphatic heterocycles. The number of rotatable bonds is 6. The molecule has 1 aromatic heterocycles. The van der Waals surface area contributed by atoms with Gasteiger partial charge in [-0.3, -0.25) is 9.69 Å². The molecule has 1 saturated heterocycles. The van der Waals surface area contributed by atoms with Gasteiger partial charge in [-0.05, 0) is 34.1 Å². The van der Waals surface area contributed by atoms with Gasteiger partial charge < -0.3 is 14.1 Å². The molecule has 2 heterocycles. The van der Waals surface area contributed by atoms with E-state index in [0.29, 0.717) is 24.9 Å². The van der Waals surface area contributed by atoms with Gasteiger partial charge in [-0.15, -0.1) is 10.2 Å². The fraction of sp³-hybridized carbons (Fsp3) is 0.812. The largest absolute Gasteiger partial charge is 0.424 e. The summed E-state index contributed by atoms with van der Waals surface area (Å²) in [5.41, 5.74) is 0. The van der Waals surface area contributed by atoms with E-state index in [2.05, 4.69) is 15.1 Å². The second kappa shape index (κ2) is 7.40. The van der Waals surface area contributed by atoms with Gasteiger partial charge in [-0.2, -0.15) is 0 Å². The highest BCUT2D eigenvalue weighted by molar-refractivity contribution is 5.79. The number of nitrogens with zero attached hydrogens (tertiary/aromatic N) is 4. The quantitative estimate of drug-likeness (QED) is 0.794. The van der Waals surface area contributed by atoms with Crippen LogP contribution in [0.1, 0.15) is 51.9 Å². The van der Waals surface area contributed by atoms with Crippen molar-refractivity contribution in [3.8, 4) is 0 Å². The van der Waals surface area contributed by atoms with E-state index in [1.54, 1.807) is 14.0 Å². The molecular formula is C16H28N4O3. The van der Waals surface area contributed by atoms with Crippen LogP contribution in [0.3, 0.4) is 0 Å². The molecule has 1 amide bonds. The first-order valence-corrected chi connectivity index (χ1v) is 8.21. The van der Waals surface area contributed by atoms with Crippen molar-refractivity contribution in [2.75, 3.05) is 20.2 Å². The van der Waals surface area contributed by atoms with Crippen LogP contribution in [0.25, 0.3) is 0 Å². The Morgan fingerprint density at radius 1 is 1.35 bits per heavy atom. The fourth-order valence-corrected chi connectivity index (χ4v) is 3.34. The van der Waals surface area contributed by atoms with Crippen molar-refractivity contribution in [2.24, 2.45) is 0 Å². The van der Waals surface area contributed by atoms with Gasteiger partial charge >= 0.3 is 0 Å². The number of aryl methyl sites for hydroxylation is 1. The van der Waals surface area contributed by atoms with Crippen LogP contribution in [-0.4, -0.2) is 64.3 Å². The highest BCUT2D eigenvalue weighted by atomic mass is 16.5. The van der Waals surface area contributed by atoms with Gasteiger partial charge in [0.1, 0.15) is 0 Å². The van der Waals surface area contributed by atoms with Gasteiger partial charge in [0.2, 0.25) is 17.7 Å². The summed E-state index contributed by atoms with van der Waals surface area (Å²) in [5.74, 6) is 1.22. The second-order valence-electron chi connectivity index (χ2n) is 6.69. The maximum atomic E-state index is 12.7. The van der Waals surface area contributed by atoms with E-state index in [0.717, 1.165) is 6.42 Å². The van der Waals surface area contributed by atoms with E-state index >= 15 is 0 Å². The maximum Gasteiger partial charge on any atom is 0.237 e. The number of likely N-dealkylation sites (tertiary alicyclic amines) is 1. The van der Waals surface area contributed by atoms with Crippen molar-refractivity contribution in [1.82, 2.24) is 20.0 Å². The second-order valence-corrected chi connectivity index (χ2v) is 6.69. The number of carbonyl (C=O) groups excluding carboxylic acids is 1. The molecule has 0 aliphatic carbocycles. The molecule has 0 radical (unpaired) electrons. The lowest BCUT2D eigenvalue weighted by Gasteiger charge is -2.33. The van der Waals surface area contributed by atoms with Crippen LogP contribution < -0.4 is 0 Å². The Hall–Kier alpha value is -1.47. The number of hydrogen-bond donors (Lipinski definition) is 0. The summed E-state index contributed by atoms with van der Waals surface area (Å²) in [6.07, 6.45) is 0.834. The molecule has 1 fully saturated rings. The molecule has 1 aromatic rings. The molecule has 0 saturated carbocycles. The van der Waals surface area contributed by atoms with Crippen LogP contribution in [-0.2, 0) is 9.53 Å². The lowest BCUT2D eigenvalue weighted by Crippen LogP contribution is -2.47. The van der Waals surface area contributed by atoms with Crippen molar-refractivity contribution in [2.45, 2.75) is 65.3 Å². The van der Waals surface area contributed by atoms with Gasteiger partial charge in [-0.25, -0.2) is 0 Å². The first-order valence-electron chi connectivity index (χ1n) is 8.21. The summed E-state index contributed by atoms with van der Waals surface area (Å²) in [6, 6.07) is 0.283. The van der Waals surface area contributed by atoms with E-state index in [9.17, 15) is 4.79 Å². The maximum absolute atomic E-state index is 12.7. The van der Waals surface area contributed by atoms with E-state index in [-0.39, 0.29) is 30.1 Å². The number of aromatic nitrogens is 2. The molecule has 2 atom stereocenters. The molecular weight excluding hydrogens is 296 g/mol. The molecule has 0 aromatic carbocycles. The molecule has 7 heteroatoms. The zero-order valence-electron chi connectivity index (χ0n) is 14.9. The lowest BCUT2D eigenvalue weighted by atomic mass is 10.2. The predicted molar refractivity (Wildman–Crippen MR) is 85.9 cm³/mol. The summed E-state index contributed by atoms with van der Waals surface area (Å²) >= 11 is 0. The van der Waals surface area contributed by atoms with Gasteiger partial charge in [0.05, 0.1) is 18.7 Å². The van der Waals surface area contributed by atoms with E-state index in [1.807, 2.05) is 32.6 Å². The molecule has 23 heavy (non-hydrogen) atoms. The topological polar surface area (TPSA) is 71.7 Å². The van der Waals surface area contributed by atoms with Crippen LogP contribution in [0.15, 0.2) is 4.42 Å². The van der Waals surface area contributed by atoms with E-state index in [4.69, 9.17) is 9.15 Å². The Bertz CT molecular complexity index is 521. The van der Waals surface area contributed by atoms with Crippen molar-refractivity contribution >= 4 is 5.91 Å². The van der Waals surface area contributed by atoms with Gasteiger partial charge in [-0.1, -0.05) is 0 Å². The Labute approximate surface area is 138 Å². The molecule has 0 N–H and O–H groups in total. The summed E-state index contributed by atoms with van der Waals surface area (Å²) in [5, 5.41) is 8.04. The number of hydrogen-bond acceptors (Lipinski definition) is 6. The highest BCUT2D eigenvalue weighted by Gasteiger charge is 2.38. The fourth-order valence-electron chi connectivity index (χ4n) is 3.34. The molecule has 2 rings (SSSR count). The molecule has 0 spiro atoms. The number of methoxy groups -OCH3 is 1. The minimum Gasteiger partial charge on any atom is -0.424 e.